The van der Waals surface area contributed by atoms with E-state index in [1.54, 1.807) is 26.5 Å². The summed E-state index contributed by atoms with van der Waals surface area (Å²) in [6.07, 6.45) is 6.94. The average Bonchev–Trinajstić information content (AvgIpc) is 3.56. The highest BCUT2D eigenvalue weighted by molar-refractivity contribution is 7.19. The molecule has 0 aliphatic carbocycles. The number of rotatable bonds is 12. The summed E-state index contributed by atoms with van der Waals surface area (Å²) in [5.74, 6) is 1.98. The molecule has 1 aromatic heterocycles. The van der Waals surface area contributed by atoms with Gasteiger partial charge in [0.15, 0.2) is 16.6 Å². The van der Waals surface area contributed by atoms with Gasteiger partial charge in [-0.25, -0.2) is 4.98 Å². The van der Waals surface area contributed by atoms with Gasteiger partial charge in [0, 0.05) is 6.20 Å². The third-order valence-corrected chi connectivity index (χ3v) is 7.00. The molecule has 1 N–H and O–H groups in total. The number of ether oxygens (including phenoxy) is 3. The Balaban J connectivity index is 1.23. The second kappa shape index (κ2) is 12.6. The van der Waals surface area contributed by atoms with E-state index >= 15 is 0 Å². The number of likely N-dealkylation sites (tertiary alicyclic amines) is 1. The van der Waals surface area contributed by atoms with Gasteiger partial charge in [0.05, 0.1) is 32.1 Å². The summed E-state index contributed by atoms with van der Waals surface area (Å²) in [5.41, 5.74) is 1.88. The molecule has 1 saturated heterocycles. The number of hydrogen-bond acceptors (Lipinski definition) is 7. The number of unbranched alkanes of at least 4 members (excludes halogenated alkanes) is 1. The van der Waals surface area contributed by atoms with Crippen LogP contribution in [0, 0.1) is 0 Å². The number of anilines is 1. The number of methoxy groups -OCH3 is 2. The number of thiazole rings is 1. The Bertz CT molecular complexity index is 1090. The Morgan fingerprint density at radius 1 is 1.03 bits per heavy atom. The van der Waals surface area contributed by atoms with E-state index in [4.69, 9.17) is 14.2 Å². The minimum absolute atomic E-state index is 0.133. The fraction of sp³-hybridized carbons (Fsp3) is 0.407. The molecule has 0 atom stereocenters. The van der Waals surface area contributed by atoms with Crippen LogP contribution in [-0.2, 0) is 11.2 Å². The Labute approximate surface area is 211 Å². The largest absolute Gasteiger partial charge is 0.494 e. The van der Waals surface area contributed by atoms with Crippen molar-refractivity contribution in [1.82, 2.24) is 9.88 Å². The van der Waals surface area contributed by atoms with Crippen LogP contribution < -0.4 is 19.5 Å². The maximum Gasteiger partial charge on any atom is 0.230 e. The molecule has 1 amide bonds. The van der Waals surface area contributed by atoms with Crippen LogP contribution in [0.2, 0.25) is 0 Å². The first kappa shape index (κ1) is 25.0. The van der Waals surface area contributed by atoms with Crippen LogP contribution in [0.25, 0.3) is 10.4 Å². The first-order valence-corrected chi connectivity index (χ1v) is 12.9. The highest BCUT2D eigenvalue weighted by Crippen LogP contribution is 2.31. The Morgan fingerprint density at radius 2 is 1.80 bits per heavy atom. The van der Waals surface area contributed by atoms with Gasteiger partial charge in [0.1, 0.15) is 5.75 Å². The second-order valence-electron chi connectivity index (χ2n) is 8.57. The standard InChI is InChI=1S/C27H33N3O4S/c1-32-23-12-7-20(17-24(23)33-2)18-26(31)29-27-28-19-25(35-27)21-8-10-22(11-9-21)34-16-6-5-15-30-13-3-4-14-30/h7-12,17,19H,3-6,13-16,18H2,1-2H3,(H,28,29,31). The maximum atomic E-state index is 12.5. The van der Waals surface area contributed by atoms with Gasteiger partial charge >= 0.3 is 0 Å². The molecule has 1 fully saturated rings. The van der Waals surface area contributed by atoms with Gasteiger partial charge in [-0.3, -0.25) is 4.79 Å². The van der Waals surface area contributed by atoms with Crippen molar-refractivity contribution in [2.75, 3.05) is 45.8 Å². The van der Waals surface area contributed by atoms with Gasteiger partial charge in [0.2, 0.25) is 5.91 Å². The van der Waals surface area contributed by atoms with Crippen molar-refractivity contribution in [1.29, 1.82) is 0 Å². The van der Waals surface area contributed by atoms with Crippen LogP contribution >= 0.6 is 11.3 Å². The number of carbonyl (C=O) groups is 1. The maximum absolute atomic E-state index is 12.5. The van der Waals surface area contributed by atoms with Gasteiger partial charge in [0.25, 0.3) is 0 Å². The minimum atomic E-state index is -0.133. The monoisotopic (exact) mass is 495 g/mol. The quantitative estimate of drug-likeness (QED) is 0.346. The summed E-state index contributed by atoms with van der Waals surface area (Å²) in [7, 11) is 3.16. The van der Waals surface area contributed by atoms with Crippen molar-refractivity contribution in [2.45, 2.75) is 32.1 Å². The average molecular weight is 496 g/mol. The third kappa shape index (κ3) is 7.19. The van der Waals surface area contributed by atoms with Crippen molar-refractivity contribution in [3.8, 4) is 27.7 Å². The zero-order valence-electron chi connectivity index (χ0n) is 20.4. The van der Waals surface area contributed by atoms with E-state index in [-0.39, 0.29) is 12.3 Å². The van der Waals surface area contributed by atoms with Crippen LogP contribution in [0.4, 0.5) is 5.13 Å². The lowest BCUT2D eigenvalue weighted by molar-refractivity contribution is -0.115. The lowest BCUT2D eigenvalue weighted by atomic mass is 10.1. The Kier molecular flexibility index (Phi) is 8.97. The van der Waals surface area contributed by atoms with Gasteiger partial charge in [-0.15, -0.1) is 0 Å². The fourth-order valence-electron chi connectivity index (χ4n) is 4.15. The third-order valence-electron chi connectivity index (χ3n) is 6.04. The van der Waals surface area contributed by atoms with Crippen LogP contribution in [0.15, 0.2) is 48.7 Å². The topological polar surface area (TPSA) is 72.9 Å². The van der Waals surface area contributed by atoms with Crippen molar-refractivity contribution in [3.63, 3.8) is 0 Å². The van der Waals surface area contributed by atoms with Gasteiger partial charge < -0.3 is 24.4 Å². The molecular formula is C27H33N3O4S. The van der Waals surface area contributed by atoms with Gasteiger partial charge in [-0.1, -0.05) is 17.4 Å². The predicted octanol–water partition coefficient (Wildman–Crippen LogP) is 5.26. The number of nitrogens with zero attached hydrogens (tertiary/aromatic N) is 2. The van der Waals surface area contributed by atoms with E-state index < -0.39 is 0 Å². The van der Waals surface area contributed by atoms with E-state index in [9.17, 15) is 4.79 Å². The summed E-state index contributed by atoms with van der Waals surface area (Å²) in [5, 5.41) is 3.46. The molecule has 8 heteroatoms. The highest BCUT2D eigenvalue weighted by Gasteiger charge is 2.12. The van der Waals surface area contributed by atoms with Crippen LogP contribution in [0.1, 0.15) is 31.2 Å². The number of hydrogen-bond donors (Lipinski definition) is 1. The number of nitrogens with one attached hydrogen (secondary N) is 1. The SMILES string of the molecule is COc1ccc(CC(=O)Nc2ncc(-c3ccc(OCCCCN4CCCC4)cc3)s2)cc1OC. The van der Waals surface area contributed by atoms with E-state index in [0.717, 1.165) is 34.8 Å². The van der Waals surface area contributed by atoms with E-state index in [2.05, 4.69) is 15.2 Å². The molecule has 0 bridgehead atoms. The molecule has 0 saturated carbocycles. The first-order chi connectivity index (χ1) is 17.1. The van der Waals surface area contributed by atoms with Crippen LogP contribution in [0.5, 0.6) is 17.2 Å². The summed E-state index contributed by atoms with van der Waals surface area (Å²) < 4.78 is 16.5. The summed E-state index contributed by atoms with van der Waals surface area (Å²) >= 11 is 1.45. The number of carbonyl (C=O) groups excluding carboxylic acids is 1. The lowest BCUT2D eigenvalue weighted by Gasteiger charge is -2.14. The molecule has 3 aromatic rings. The number of aromatic nitrogens is 1. The molecule has 0 unspecified atom stereocenters. The van der Waals surface area contributed by atoms with E-state index in [0.29, 0.717) is 16.6 Å². The molecule has 7 nitrogen and oxygen atoms in total. The van der Waals surface area contributed by atoms with Crippen LogP contribution in [-0.4, -0.2) is 56.3 Å². The fourth-order valence-corrected chi connectivity index (χ4v) is 4.99. The van der Waals surface area contributed by atoms with Crippen molar-refractivity contribution >= 4 is 22.4 Å². The highest BCUT2D eigenvalue weighted by atomic mass is 32.1. The molecule has 0 radical (unpaired) electrons. The van der Waals surface area contributed by atoms with E-state index in [1.807, 2.05) is 36.4 Å². The van der Waals surface area contributed by atoms with Crippen molar-refractivity contribution < 1.29 is 19.0 Å². The van der Waals surface area contributed by atoms with Crippen molar-refractivity contribution in [3.05, 3.63) is 54.2 Å². The number of benzene rings is 2. The smallest absolute Gasteiger partial charge is 0.230 e. The molecule has 35 heavy (non-hydrogen) atoms. The predicted molar refractivity (Wildman–Crippen MR) is 140 cm³/mol. The van der Waals surface area contributed by atoms with E-state index in [1.165, 1.54) is 50.2 Å². The van der Waals surface area contributed by atoms with Gasteiger partial charge in [-0.05, 0) is 92.8 Å². The van der Waals surface area contributed by atoms with Gasteiger partial charge in [-0.2, -0.15) is 0 Å². The van der Waals surface area contributed by atoms with Crippen LogP contribution in [0.3, 0.4) is 0 Å². The summed E-state index contributed by atoms with van der Waals surface area (Å²) in [6.45, 7) is 4.43. The zero-order chi connectivity index (χ0) is 24.5. The second-order valence-corrected chi connectivity index (χ2v) is 9.60. The number of amides is 1. The molecule has 2 heterocycles. The molecule has 1 aliphatic rings. The first-order valence-electron chi connectivity index (χ1n) is 12.1. The summed E-state index contributed by atoms with van der Waals surface area (Å²) in [4.78, 5) is 20.4. The molecule has 1 aliphatic heterocycles. The molecule has 186 valence electrons. The molecule has 2 aromatic carbocycles. The van der Waals surface area contributed by atoms with Crippen molar-refractivity contribution in [2.24, 2.45) is 0 Å². The molecule has 0 spiro atoms. The minimum Gasteiger partial charge on any atom is -0.494 e. The molecular weight excluding hydrogens is 462 g/mol. The normalized spacial score (nSPS) is 13.5. The molecule has 4 rings (SSSR count). The lowest BCUT2D eigenvalue weighted by Crippen LogP contribution is -2.20. The Hall–Kier alpha value is -3.10. The Morgan fingerprint density at radius 3 is 2.54 bits per heavy atom. The summed E-state index contributed by atoms with van der Waals surface area (Å²) in [6, 6.07) is 13.5. The zero-order valence-corrected chi connectivity index (χ0v) is 21.2.